The summed E-state index contributed by atoms with van der Waals surface area (Å²) < 4.78 is 1.48. The molecule has 120 valence electrons. The summed E-state index contributed by atoms with van der Waals surface area (Å²) in [4.78, 5) is 24.9. The van der Waals surface area contributed by atoms with Gasteiger partial charge < -0.3 is 15.0 Å². The normalized spacial score (nSPS) is 10.3. The number of nitrogens with zero attached hydrogens (tertiary/aromatic N) is 1. The van der Waals surface area contributed by atoms with Crippen molar-refractivity contribution < 1.29 is 9.90 Å². The molecule has 0 unspecified atom stereocenters. The number of phenols is 1. The van der Waals surface area contributed by atoms with Crippen molar-refractivity contribution >= 4 is 11.6 Å². The standard InChI is InChI=1S/C19H16N2O3/c22-17-11-5-4-10-16(17)20-18(23)15-9-6-12-21(19(15)24)13-14-7-2-1-3-8-14/h1-12,22H,13H2,(H,20,23). The number of pyridine rings is 1. The minimum absolute atomic E-state index is 0.0247. The number of rotatable bonds is 4. The Kier molecular flexibility index (Phi) is 4.43. The highest BCUT2D eigenvalue weighted by atomic mass is 16.3. The molecule has 0 bridgehead atoms. The number of amides is 1. The van der Waals surface area contributed by atoms with Crippen LogP contribution in [0.25, 0.3) is 0 Å². The van der Waals surface area contributed by atoms with Crippen molar-refractivity contribution in [3.05, 3.63) is 94.4 Å². The maximum Gasteiger partial charge on any atom is 0.263 e. The Bertz CT molecular complexity index is 917. The number of hydrogen-bond acceptors (Lipinski definition) is 3. The SMILES string of the molecule is O=C(Nc1ccccc1O)c1cccn(Cc2ccccc2)c1=O. The van der Waals surface area contributed by atoms with Crippen LogP contribution in [0.3, 0.4) is 0 Å². The Morgan fingerprint density at radius 2 is 1.67 bits per heavy atom. The number of aromatic hydroxyl groups is 1. The monoisotopic (exact) mass is 320 g/mol. The lowest BCUT2D eigenvalue weighted by Crippen LogP contribution is -2.29. The smallest absolute Gasteiger partial charge is 0.263 e. The Hall–Kier alpha value is -3.34. The summed E-state index contributed by atoms with van der Waals surface area (Å²) in [7, 11) is 0. The van der Waals surface area contributed by atoms with E-state index in [-0.39, 0.29) is 22.6 Å². The molecule has 0 saturated heterocycles. The third-order valence-electron chi connectivity index (χ3n) is 3.61. The van der Waals surface area contributed by atoms with Crippen LogP contribution in [0.2, 0.25) is 0 Å². The maximum absolute atomic E-state index is 12.5. The molecule has 5 heteroatoms. The number of phenolic OH excluding ortho intramolecular Hbond substituents is 1. The molecule has 1 heterocycles. The highest BCUT2D eigenvalue weighted by Gasteiger charge is 2.13. The Balaban J connectivity index is 1.86. The summed E-state index contributed by atoms with van der Waals surface area (Å²) in [5.74, 6) is -0.602. The first-order chi connectivity index (χ1) is 11.6. The van der Waals surface area contributed by atoms with E-state index in [2.05, 4.69) is 5.32 Å². The third-order valence-corrected chi connectivity index (χ3v) is 3.61. The van der Waals surface area contributed by atoms with Gasteiger partial charge >= 0.3 is 0 Å². The van der Waals surface area contributed by atoms with Gasteiger partial charge in [-0.3, -0.25) is 9.59 Å². The summed E-state index contributed by atoms with van der Waals surface area (Å²) in [6, 6.07) is 19.0. The zero-order valence-electron chi connectivity index (χ0n) is 12.8. The van der Waals surface area contributed by atoms with Crippen LogP contribution in [0.4, 0.5) is 5.69 Å². The van der Waals surface area contributed by atoms with Gasteiger partial charge in [0, 0.05) is 6.20 Å². The van der Waals surface area contributed by atoms with E-state index in [1.807, 2.05) is 30.3 Å². The summed E-state index contributed by atoms with van der Waals surface area (Å²) in [5, 5.41) is 12.3. The van der Waals surface area contributed by atoms with Gasteiger partial charge in [0.15, 0.2) is 0 Å². The lowest BCUT2D eigenvalue weighted by Gasteiger charge is -2.09. The Morgan fingerprint density at radius 3 is 2.42 bits per heavy atom. The molecule has 0 aliphatic heterocycles. The van der Waals surface area contributed by atoms with Crippen LogP contribution in [0, 0.1) is 0 Å². The molecule has 24 heavy (non-hydrogen) atoms. The van der Waals surface area contributed by atoms with Crippen LogP contribution >= 0.6 is 0 Å². The molecule has 3 rings (SSSR count). The van der Waals surface area contributed by atoms with E-state index in [9.17, 15) is 14.7 Å². The second-order valence-corrected chi connectivity index (χ2v) is 5.31. The van der Waals surface area contributed by atoms with E-state index >= 15 is 0 Å². The Morgan fingerprint density at radius 1 is 0.958 bits per heavy atom. The highest BCUT2D eigenvalue weighted by Crippen LogP contribution is 2.21. The van der Waals surface area contributed by atoms with Crippen molar-refractivity contribution in [2.24, 2.45) is 0 Å². The van der Waals surface area contributed by atoms with Gasteiger partial charge in [-0.15, -0.1) is 0 Å². The van der Waals surface area contributed by atoms with E-state index in [1.54, 1.807) is 30.5 Å². The molecule has 3 aromatic rings. The van der Waals surface area contributed by atoms with Crippen molar-refractivity contribution in [1.82, 2.24) is 4.57 Å². The first-order valence-electron chi connectivity index (χ1n) is 7.48. The van der Waals surface area contributed by atoms with Gasteiger partial charge in [-0.2, -0.15) is 0 Å². The summed E-state index contributed by atoms with van der Waals surface area (Å²) in [5.41, 5.74) is 0.879. The van der Waals surface area contributed by atoms with Gasteiger partial charge in [-0.1, -0.05) is 42.5 Å². The number of hydrogen-bond donors (Lipinski definition) is 2. The van der Waals surface area contributed by atoms with Crippen LogP contribution in [0.15, 0.2) is 77.7 Å². The van der Waals surface area contributed by atoms with Crippen LogP contribution in [0.1, 0.15) is 15.9 Å². The third kappa shape index (κ3) is 3.35. The fourth-order valence-electron chi connectivity index (χ4n) is 2.38. The molecule has 2 aromatic carbocycles. The summed E-state index contributed by atoms with van der Waals surface area (Å²) in [6.07, 6.45) is 1.64. The van der Waals surface area contributed by atoms with E-state index in [1.165, 1.54) is 16.7 Å². The van der Waals surface area contributed by atoms with E-state index in [0.717, 1.165) is 5.56 Å². The van der Waals surface area contributed by atoms with Gasteiger partial charge in [0.2, 0.25) is 0 Å². The van der Waals surface area contributed by atoms with Gasteiger partial charge in [-0.05, 0) is 29.8 Å². The molecule has 0 spiro atoms. The van der Waals surface area contributed by atoms with Crippen LogP contribution in [-0.2, 0) is 6.54 Å². The largest absolute Gasteiger partial charge is 0.506 e. The second-order valence-electron chi connectivity index (χ2n) is 5.31. The van der Waals surface area contributed by atoms with E-state index < -0.39 is 5.91 Å². The van der Waals surface area contributed by atoms with Crippen LogP contribution < -0.4 is 10.9 Å². The number of aromatic nitrogens is 1. The number of para-hydroxylation sites is 2. The minimum Gasteiger partial charge on any atom is -0.506 e. The number of benzene rings is 2. The molecule has 0 aliphatic rings. The van der Waals surface area contributed by atoms with E-state index in [4.69, 9.17) is 0 Å². The van der Waals surface area contributed by atoms with Crippen molar-refractivity contribution in [1.29, 1.82) is 0 Å². The predicted molar refractivity (Wildman–Crippen MR) is 92.3 cm³/mol. The van der Waals surface area contributed by atoms with Gasteiger partial charge in [-0.25, -0.2) is 0 Å². The van der Waals surface area contributed by atoms with Gasteiger partial charge in [0.05, 0.1) is 12.2 Å². The number of nitrogens with one attached hydrogen (secondary N) is 1. The maximum atomic E-state index is 12.5. The molecule has 0 atom stereocenters. The van der Waals surface area contributed by atoms with Gasteiger partial charge in [0.1, 0.15) is 11.3 Å². The molecular weight excluding hydrogens is 304 g/mol. The molecule has 1 aromatic heterocycles. The van der Waals surface area contributed by atoms with Crippen molar-refractivity contribution in [3.8, 4) is 5.75 Å². The zero-order valence-corrected chi connectivity index (χ0v) is 12.8. The number of anilines is 1. The fourth-order valence-corrected chi connectivity index (χ4v) is 2.38. The van der Waals surface area contributed by atoms with E-state index in [0.29, 0.717) is 6.54 Å². The first-order valence-corrected chi connectivity index (χ1v) is 7.48. The molecule has 0 aliphatic carbocycles. The molecule has 0 fully saturated rings. The quantitative estimate of drug-likeness (QED) is 0.726. The average molecular weight is 320 g/mol. The average Bonchev–Trinajstić information content (AvgIpc) is 2.59. The molecular formula is C19H16N2O3. The number of carbonyl (C=O) groups excluding carboxylic acids is 1. The summed E-state index contributed by atoms with van der Waals surface area (Å²) in [6.45, 7) is 0.386. The highest BCUT2D eigenvalue weighted by molar-refractivity contribution is 6.04. The van der Waals surface area contributed by atoms with Gasteiger partial charge in [0.25, 0.3) is 11.5 Å². The molecule has 0 saturated carbocycles. The van der Waals surface area contributed by atoms with Crippen molar-refractivity contribution in [3.63, 3.8) is 0 Å². The molecule has 1 amide bonds. The van der Waals surface area contributed by atoms with Crippen LogP contribution in [-0.4, -0.2) is 15.6 Å². The van der Waals surface area contributed by atoms with Crippen molar-refractivity contribution in [2.45, 2.75) is 6.54 Å². The molecule has 0 radical (unpaired) electrons. The van der Waals surface area contributed by atoms with Crippen LogP contribution in [0.5, 0.6) is 5.75 Å². The van der Waals surface area contributed by atoms with Crippen molar-refractivity contribution in [2.75, 3.05) is 5.32 Å². The fraction of sp³-hybridized carbons (Fsp3) is 0.0526. The second kappa shape index (κ2) is 6.83. The lowest BCUT2D eigenvalue weighted by atomic mass is 10.2. The number of carbonyl (C=O) groups is 1. The summed E-state index contributed by atoms with van der Waals surface area (Å²) >= 11 is 0. The molecule has 2 N–H and O–H groups in total. The predicted octanol–water partition coefficient (Wildman–Crippen LogP) is 2.85. The zero-order chi connectivity index (χ0) is 16.9. The topological polar surface area (TPSA) is 71.3 Å². The minimum atomic E-state index is -0.552. The Labute approximate surface area is 138 Å². The first kappa shape index (κ1) is 15.6. The lowest BCUT2D eigenvalue weighted by molar-refractivity contribution is 0.102. The molecule has 5 nitrogen and oxygen atoms in total.